The fraction of sp³-hybridized carbons (Fsp3) is 0.750. The molecule has 0 spiro atoms. The summed E-state index contributed by atoms with van der Waals surface area (Å²) in [5.74, 6) is -1.80. The highest BCUT2D eigenvalue weighted by Gasteiger charge is 2.39. The predicted molar refractivity (Wildman–Crippen MR) is 64.8 cm³/mol. The third-order valence-corrected chi connectivity index (χ3v) is 3.10. The maximum absolute atomic E-state index is 12.0. The first-order chi connectivity index (χ1) is 8.25. The van der Waals surface area contributed by atoms with Crippen molar-refractivity contribution in [3.63, 3.8) is 0 Å². The van der Waals surface area contributed by atoms with Crippen LogP contribution in [0.3, 0.4) is 0 Å². The van der Waals surface area contributed by atoms with Gasteiger partial charge in [-0.3, -0.25) is 9.59 Å². The zero-order chi connectivity index (χ0) is 14.0. The van der Waals surface area contributed by atoms with Crippen LogP contribution in [0.4, 0.5) is 0 Å². The maximum atomic E-state index is 12.0. The minimum Gasteiger partial charge on any atom is -0.480 e. The summed E-state index contributed by atoms with van der Waals surface area (Å²) >= 11 is 0. The van der Waals surface area contributed by atoms with E-state index in [1.807, 2.05) is 13.8 Å². The predicted octanol–water partition coefficient (Wildman–Crippen LogP) is 0.175. The molecule has 0 saturated carbocycles. The molecule has 18 heavy (non-hydrogen) atoms. The van der Waals surface area contributed by atoms with E-state index in [4.69, 9.17) is 5.11 Å². The minimum atomic E-state index is -1.07. The van der Waals surface area contributed by atoms with Gasteiger partial charge in [-0.15, -0.1) is 0 Å². The lowest BCUT2D eigenvalue weighted by Gasteiger charge is -2.39. The highest BCUT2D eigenvalue weighted by molar-refractivity contribution is 5.95. The van der Waals surface area contributed by atoms with Crippen molar-refractivity contribution >= 4 is 17.8 Å². The molecule has 1 aliphatic rings. The number of amides is 2. The molecule has 1 saturated heterocycles. The van der Waals surface area contributed by atoms with Crippen LogP contribution in [0.1, 0.15) is 27.7 Å². The number of aliphatic carboxylic acids is 1. The highest BCUT2D eigenvalue weighted by atomic mass is 16.4. The van der Waals surface area contributed by atoms with Crippen molar-refractivity contribution in [1.29, 1.82) is 0 Å². The lowest BCUT2D eigenvalue weighted by molar-refractivity contribution is -0.161. The van der Waals surface area contributed by atoms with Gasteiger partial charge >= 0.3 is 5.97 Å². The molecule has 6 heteroatoms. The Bertz CT molecular complexity index is 365. The zero-order valence-electron chi connectivity index (χ0n) is 11.2. The van der Waals surface area contributed by atoms with Crippen LogP contribution < -0.4 is 0 Å². The average molecular weight is 256 g/mol. The van der Waals surface area contributed by atoms with Crippen molar-refractivity contribution in [2.45, 2.75) is 39.8 Å². The summed E-state index contributed by atoms with van der Waals surface area (Å²) < 4.78 is 0. The Balaban J connectivity index is 2.90. The van der Waals surface area contributed by atoms with Gasteiger partial charge in [-0.05, 0) is 19.8 Å². The zero-order valence-corrected chi connectivity index (χ0v) is 11.2. The molecule has 1 aliphatic heterocycles. The quantitative estimate of drug-likeness (QED) is 0.778. The summed E-state index contributed by atoms with van der Waals surface area (Å²) in [6, 6.07) is -0.985. The molecule has 0 radical (unpaired) electrons. The van der Waals surface area contributed by atoms with E-state index < -0.39 is 12.0 Å². The Hall–Kier alpha value is -1.59. The van der Waals surface area contributed by atoms with Gasteiger partial charge in [0.15, 0.2) is 0 Å². The van der Waals surface area contributed by atoms with Crippen LogP contribution in [0.5, 0.6) is 0 Å². The van der Waals surface area contributed by atoms with E-state index in [0.717, 1.165) is 0 Å². The third kappa shape index (κ3) is 2.80. The van der Waals surface area contributed by atoms with Crippen molar-refractivity contribution in [2.75, 3.05) is 13.1 Å². The van der Waals surface area contributed by atoms with E-state index in [1.165, 1.54) is 9.80 Å². The summed E-state index contributed by atoms with van der Waals surface area (Å²) in [5.41, 5.74) is 0. The molecule has 2 amide bonds. The molecule has 6 nitrogen and oxygen atoms in total. The first-order valence-electron chi connectivity index (χ1n) is 6.07. The molecular formula is C12H20N2O4. The lowest BCUT2D eigenvalue weighted by atomic mass is 10.0. The molecule has 1 atom stereocenters. The molecule has 1 N–H and O–H groups in total. The Morgan fingerprint density at radius 1 is 1.06 bits per heavy atom. The number of hydrogen-bond acceptors (Lipinski definition) is 3. The topological polar surface area (TPSA) is 77.9 Å². The van der Waals surface area contributed by atoms with E-state index in [0.29, 0.717) is 0 Å². The van der Waals surface area contributed by atoms with E-state index in [9.17, 15) is 14.4 Å². The number of hydrogen-bond donors (Lipinski definition) is 1. The molecule has 0 aromatic carbocycles. The number of carbonyl (C=O) groups excluding carboxylic acids is 2. The SMILES string of the molecule is CC(C)[C@@H](C(=O)O)N1CC(=O)N(C(C)C)CC1=O. The molecule has 1 rings (SSSR count). The fourth-order valence-corrected chi connectivity index (χ4v) is 2.15. The molecule has 0 bridgehead atoms. The molecule has 0 aliphatic carbocycles. The molecule has 1 fully saturated rings. The first-order valence-corrected chi connectivity index (χ1v) is 6.07. The average Bonchev–Trinajstić information content (AvgIpc) is 2.21. The second-order valence-corrected chi connectivity index (χ2v) is 5.16. The van der Waals surface area contributed by atoms with Gasteiger partial charge in [0.05, 0.1) is 0 Å². The Kier molecular flexibility index (Phi) is 4.32. The number of nitrogens with zero attached hydrogens (tertiary/aromatic N) is 2. The second kappa shape index (κ2) is 5.37. The van der Waals surface area contributed by atoms with Gasteiger partial charge < -0.3 is 14.9 Å². The molecule has 102 valence electrons. The van der Waals surface area contributed by atoms with E-state index >= 15 is 0 Å². The normalized spacial score (nSPS) is 18.8. The van der Waals surface area contributed by atoms with Crippen molar-refractivity contribution < 1.29 is 19.5 Å². The van der Waals surface area contributed by atoms with Crippen molar-refractivity contribution in [1.82, 2.24) is 9.80 Å². The summed E-state index contributed by atoms with van der Waals surface area (Å²) in [5, 5.41) is 9.16. The molecule has 0 aromatic heterocycles. The van der Waals surface area contributed by atoms with Gasteiger partial charge in [0.2, 0.25) is 11.8 Å². The Morgan fingerprint density at radius 3 is 1.89 bits per heavy atom. The third-order valence-electron chi connectivity index (χ3n) is 3.10. The number of carboxylic acids is 1. The van der Waals surface area contributed by atoms with Crippen LogP contribution in [0.2, 0.25) is 0 Å². The van der Waals surface area contributed by atoms with Gasteiger partial charge in [-0.1, -0.05) is 13.8 Å². The summed E-state index contributed by atoms with van der Waals surface area (Å²) in [6.45, 7) is 6.94. The largest absolute Gasteiger partial charge is 0.480 e. The number of rotatable bonds is 4. The van der Waals surface area contributed by atoms with Gasteiger partial charge in [0, 0.05) is 6.04 Å². The van der Waals surface area contributed by atoms with E-state index in [-0.39, 0.29) is 36.9 Å². The van der Waals surface area contributed by atoms with Crippen LogP contribution in [-0.4, -0.2) is 57.9 Å². The minimum absolute atomic E-state index is 0.0347. The van der Waals surface area contributed by atoms with E-state index in [2.05, 4.69) is 0 Å². The number of carbonyl (C=O) groups is 3. The smallest absolute Gasteiger partial charge is 0.326 e. The van der Waals surface area contributed by atoms with Crippen molar-refractivity contribution in [3.8, 4) is 0 Å². The van der Waals surface area contributed by atoms with Crippen LogP contribution >= 0.6 is 0 Å². The fourth-order valence-electron chi connectivity index (χ4n) is 2.15. The molecule has 0 aromatic rings. The van der Waals surface area contributed by atoms with Crippen molar-refractivity contribution in [2.24, 2.45) is 5.92 Å². The standard InChI is InChI=1S/C12H20N2O4/c1-7(2)11(12(17)18)14-6-9(15)13(8(3)4)5-10(14)16/h7-8,11H,5-6H2,1-4H3,(H,17,18)/t11-/m0/s1. The molecule has 0 unspecified atom stereocenters. The van der Waals surface area contributed by atoms with E-state index in [1.54, 1.807) is 13.8 Å². The monoisotopic (exact) mass is 256 g/mol. The van der Waals surface area contributed by atoms with Gasteiger partial charge in [-0.2, -0.15) is 0 Å². The van der Waals surface area contributed by atoms with Gasteiger partial charge in [-0.25, -0.2) is 4.79 Å². The van der Waals surface area contributed by atoms with Gasteiger partial charge in [0.25, 0.3) is 0 Å². The van der Waals surface area contributed by atoms with Crippen LogP contribution in [-0.2, 0) is 14.4 Å². The second-order valence-electron chi connectivity index (χ2n) is 5.16. The molecule has 1 heterocycles. The molecular weight excluding hydrogens is 236 g/mol. The summed E-state index contributed by atoms with van der Waals surface area (Å²) in [7, 11) is 0. The first kappa shape index (κ1) is 14.5. The lowest BCUT2D eigenvalue weighted by Crippen LogP contribution is -2.61. The number of piperazine rings is 1. The van der Waals surface area contributed by atoms with Crippen LogP contribution in [0.15, 0.2) is 0 Å². The van der Waals surface area contributed by atoms with Crippen LogP contribution in [0, 0.1) is 5.92 Å². The summed E-state index contributed by atoms with van der Waals surface area (Å²) in [4.78, 5) is 37.7. The van der Waals surface area contributed by atoms with Crippen molar-refractivity contribution in [3.05, 3.63) is 0 Å². The van der Waals surface area contributed by atoms with Crippen LogP contribution in [0.25, 0.3) is 0 Å². The Morgan fingerprint density at radius 2 is 1.50 bits per heavy atom. The van der Waals surface area contributed by atoms with Gasteiger partial charge in [0.1, 0.15) is 19.1 Å². The highest BCUT2D eigenvalue weighted by Crippen LogP contribution is 2.17. The Labute approximate surface area is 107 Å². The summed E-state index contributed by atoms with van der Waals surface area (Å²) in [6.07, 6.45) is 0. The maximum Gasteiger partial charge on any atom is 0.326 e. The number of carboxylic acid groups (broad SMARTS) is 1.